The molecule has 0 amide bonds. The predicted molar refractivity (Wildman–Crippen MR) is 85.8 cm³/mol. The molecule has 112 valence electrons. The number of rotatable bonds is 4. The quantitative estimate of drug-likeness (QED) is 0.900. The van der Waals surface area contributed by atoms with Crippen molar-refractivity contribution in [3.05, 3.63) is 40.9 Å². The van der Waals surface area contributed by atoms with E-state index in [2.05, 4.69) is 20.7 Å². The van der Waals surface area contributed by atoms with E-state index in [9.17, 15) is 8.42 Å². The molecule has 2 aromatic rings. The molecule has 1 aliphatic rings. The summed E-state index contributed by atoms with van der Waals surface area (Å²) in [5.41, 5.74) is 0. The summed E-state index contributed by atoms with van der Waals surface area (Å²) in [6.45, 7) is 1.04. The van der Waals surface area contributed by atoms with E-state index in [1.54, 1.807) is 12.1 Å². The van der Waals surface area contributed by atoms with Crippen LogP contribution in [0.4, 0.5) is 0 Å². The number of halogens is 1. The van der Waals surface area contributed by atoms with Crippen molar-refractivity contribution in [2.75, 3.05) is 13.2 Å². The third kappa shape index (κ3) is 3.13. The summed E-state index contributed by atoms with van der Waals surface area (Å²) in [6, 6.07) is 10.9. The number of hydrogen-bond acceptors (Lipinski definition) is 3. The molecular weight excluding hydrogens is 354 g/mol. The van der Waals surface area contributed by atoms with Crippen LogP contribution in [-0.2, 0) is 14.8 Å². The fraction of sp³-hybridized carbons (Fsp3) is 0.333. The molecule has 1 saturated heterocycles. The van der Waals surface area contributed by atoms with Crippen molar-refractivity contribution in [2.45, 2.75) is 23.8 Å². The first-order valence-electron chi connectivity index (χ1n) is 6.86. The SMILES string of the molecule is O=S(=O)(NC[C@@H]1CCCO1)c1ccc(Br)c2ccccc12. The lowest BCUT2D eigenvalue weighted by molar-refractivity contribution is 0.114. The highest BCUT2D eigenvalue weighted by atomic mass is 79.9. The zero-order chi connectivity index (χ0) is 14.9. The maximum Gasteiger partial charge on any atom is 0.241 e. The average Bonchev–Trinajstić information content (AvgIpc) is 2.99. The molecule has 1 aliphatic heterocycles. The van der Waals surface area contributed by atoms with E-state index in [0.717, 1.165) is 22.7 Å². The smallest absolute Gasteiger partial charge is 0.241 e. The largest absolute Gasteiger partial charge is 0.377 e. The summed E-state index contributed by atoms with van der Waals surface area (Å²) < 4.78 is 34.1. The molecule has 21 heavy (non-hydrogen) atoms. The maximum atomic E-state index is 12.5. The molecule has 0 aromatic heterocycles. The summed E-state index contributed by atoms with van der Waals surface area (Å²) >= 11 is 3.46. The van der Waals surface area contributed by atoms with Crippen molar-refractivity contribution < 1.29 is 13.2 Å². The molecule has 3 rings (SSSR count). The van der Waals surface area contributed by atoms with E-state index in [-0.39, 0.29) is 6.10 Å². The summed E-state index contributed by atoms with van der Waals surface area (Å²) in [5, 5.41) is 1.60. The Morgan fingerprint density at radius 1 is 1.19 bits per heavy atom. The number of ether oxygens (including phenoxy) is 1. The third-order valence-corrected chi connectivity index (χ3v) is 5.82. The Bertz CT molecular complexity index is 755. The second-order valence-corrected chi connectivity index (χ2v) is 7.67. The van der Waals surface area contributed by atoms with Crippen LogP contribution in [0.5, 0.6) is 0 Å². The van der Waals surface area contributed by atoms with E-state index in [1.807, 2.05) is 24.3 Å². The number of fused-ring (bicyclic) bond motifs is 1. The second-order valence-electron chi connectivity index (χ2n) is 5.08. The van der Waals surface area contributed by atoms with Crippen LogP contribution in [0.1, 0.15) is 12.8 Å². The Morgan fingerprint density at radius 2 is 1.95 bits per heavy atom. The molecular formula is C15H16BrNO3S. The lowest BCUT2D eigenvalue weighted by Crippen LogP contribution is -2.31. The topological polar surface area (TPSA) is 55.4 Å². The molecule has 0 unspecified atom stereocenters. The molecule has 1 fully saturated rings. The number of hydrogen-bond donors (Lipinski definition) is 1. The van der Waals surface area contributed by atoms with Gasteiger partial charge in [0.1, 0.15) is 0 Å². The number of nitrogens with one attached hydrogen (secondary N) is 1. The standard InChI is InChI=1S/C15H16BrNO3S/c16-14-7-8-15(13-6-2-1-5-12(13)14)21(18,19)17-10-11-4-3-9-20-11/h1-2,5-8,11,17H,3-4,9-10H2/t11-/m0/s1. The van der Waals surface area contributed by atoms with Gasteiger partial charge in [0.05, 0.1) is 11.0 Å². The van der Waals surface area contributed by atoms with Crippen LogP contribution >= 0.6 is 15.9 Å². The normalized spacial score (nSPS) is 19.2. The van der Waals surface area contributed by atoms with Gasteiger partial charge in [-0.25, -0.2) is 13.1 Å². The molecule has 0 bridgehead atoms. The molecule has 1 atom stereocenters. The van der Waals surface area contributed by atoms with Crippen LogP contribution in [-0.4, -0.2) is 27.7 Å². The van der Waals surface area contributed by atoms with E-state index in [4.69, 9.17) is 4.74 Å². The van der Waals surface area contributed by atoms with E-state index in [0.29, 0.717) is 23.4 Å². The minimum Gasteiger partial charge on any atom is -0.377 e. The van der Waals surface area contributed by atoms with Gasteiger partial charge in [0.2, 0.25) is 10.0 Å². The van der Waals surface area contributed by atoms with Crippen molar-refractivity contribution in [1.29, 1.82) is 0 Å². The van der Waals surface area contributed by atoms with E-state index in [1.165, 1.54) is 0 Å². The Labute approximate surface area is 132 Å². The monoisotopic (exact) mass is 369 g/mol. The van der Waals surface area contributed by atoms with Gasteiger partial charge in [-0.2, -0.15) is 0 Å². The molecule has 0 saturated carbocycles. The van der Waals surface area contributed by atoms with Crippen molar-refractivity contribution in [2.24, 2.45) is 0 Å². The van der Waals surface area contributed by atoms with Crippen molar-refractivity contribution in [3.8, 4) is 0 Å². The van der Waals surface area contributed by atoms with Gasteiger partial charge in [0.25, 0.3) is 0 Å². The van der Waals surface area contributed by atoms with Gasteiger partial charge >= 0.3 is 0 Å². The summed E-state index contributed by atoms with van der Waals surface area (Å²) in [4.78, 5) is 0.305. The Hall–Kier alpha value is -0.950. The molecule has 0 radical (unpaired) electrons. The van der Waals surface area contributed by atoms with Gasteiger partial charge < -0.3 is 4.74 Å². The van der Waals surface area contributed by atoms with Gasteiger partial charge in [-0.1, -0.05) is 40.2 Å². The molecule has 1 heterocycles. The number of sulfonamides is 1. The molecule has 2 aromatic carbocycles. The second kappa shape index (κ2) is 6.04. The average molecular weight is 370 g/mol. The minimum atomic E-state index is -3.54. The summed E-state index contributed by atoms with van der Waals surface area (Å²) in [6.07, 6.45) is 1.89. The van der Waals surface area contributed by atoms with Crippen LogP contribution in [0.15, 0.2) is 45.8 Å². The molecule has 1 N–H and O–H groups in total. The van der Waals surface area contributed by atoms with Crippen LogP contribution in [0.2, 0.25) is 0 Å². The van der Waals surface area contributed by atoms with Gasteiger partial charge in [-0.3, -0.25) is 0 Å². The Morgan fingerprint density at radius 3 is 2.67 bits per heavy atom. The molecule has 6 heteroatoms. The van der Waals surface area contributed by atoms with Gasteiger partial charge in [0.15, 0.2) is 0 Å². The predicted octanol–water partition coefficient (Wildman–Crippen LogP) is 3.06. The fourth-order valence-corrected chi connectivity index (χ4v) is 4.31. The van der Waals surface area contributed by atoms with E-state index >= 15 is 0 Å². The molecule has 4 nitrogen and oxygen atoms in total. The highest BCUT2D eigenvalue weighted by Gasteiger charge is 2.22. The molecule has 0 spiro atoms. The van der Waals surface area contributed by atoms with Crippen LogP contribution in [0.25, 0.3) is 10.8 Å². The van der Waals surface area contributed by atoms with Crippen molar-refractivity contribution in [1.82, 2.24) is 4.72 Å². The minimum absolute atomic E-state index is 0.0125. The highest BCUT2D eigenvalue weighted by molar-refractivity contribution is 9.10. The maximum absolute atomic E-state index is 12.5. The van der Waals surface area contributed by atoms with E-state index < -0.39 is 10.0 Å². The summed E-state index contributed by atoms with van der Waals surface area (Å²) in [5.74, 6) is 0. The number of benzene rings is 2. The van der Waals surface area contributed by atoms with Gasteiger partial charge in [0, 0.05) is 23.0 Å². The third-order valence-electron chi connectivity index (χ3n) is 3.65. The van der Waals surface area contributed by atoms with Gasteiger partial charge in [-0.15, -0.1) is 0 Å². The van der Waals surface area contributed by atoms with Crippen LogP contribution in [0, 0.1) is 0 Å². The van der Waals surface area contributed by atoms with Gasteiger partial charge in [-0.05, 0) is 30.4 Å². The van der Waals surface area contributed by atoms with Crippen LogP contribution in [0.3, 0.4) is 0 Å². The highest BCUT2D eigenvalue weighted by Crippen LogP contribution is 2.29. The zero-order valence-corrected chi connectivity index (χ0v) is 13.8. The zero-order valence-electron chi connectivity index (χ0n) is 11.4. The van der Waals surface area contributed by atoms with Crippen LogP contribution < -0.4 is 4.72 Å². The Kier molecular flexibility index (Phi) is 4.31. The first-order valence-corrected chi connectivity index (χ1v) is 9.14. The van der Waals surface area contributed by atoms with Crippen molar-refractivity contribution in [3.63, 3.8) is 0 Å². The first kappa shape index (κ1) is 15.0. The first-order chi connectivity index (χ1) is 10.1. The summed E-state index contributed by atoms with van der Waals surface area (Å²) in [7, 11) is -3.54. The van der Waals surface area contributed by atoms with Crippen molar-refractivity contribution >= 4 is 36.7 Å². The Balaban J connectivity index is 1.93. The molecule has 0 aliphatic carbocycles. The fourth-order valence-electron chi connectivity index (χ4n) is 2.55. The lowest BCUT2D eigenvalue weighted by Gasteiger charge is -2.13. The lowest BCUT2D eigenvalue weighted by atomic mass is 10.1.